The topological polar surface area (TPSA) is 94.4 Å². The van der Waals surface area contributed by atoms with E-state index in [-0.39, 0.29) is 17.1 Å². The van der Waals surface area contributed by atoms with Crippen molar-refractivity contribution in [2.45, 2.75) is 0 Å². The lowest BCUT2D eigenvalue weighted by Gasteiger charge is -2.04. The molecule has 0 aliphatic rings. The lowest BCUT2D eigenvalue weighted by molar-refractivity contribution is -0.112. The number of carbonyl (C=O) groups is 1. The van der Waals surface area contributed by atoms with Crippen LogP contribution in [0.4, 0.5) is 4.39 Å². The second-order valence-corrected chi connectivity index (χ2v) is 4.16. The van der Waals surface area contributed by atoms with Crippen LogP contribution in [-0.2, 0) is 4.79 Å². The Morgan fingerprint density at radius 3 is 2.57 bits per heavy atom. The molecule has 5 nitrogen and oxygen atoms in total. The number of carbonyl (C=O) groups excluding carboxylic acids is 1. The molecule has 6 heteroatoms. The molecular weight excluding hydrogens is 271 g/mol. The fourth-order valence-corrected chi connectivity index (χ4v) is 1.72. The summed E-state index contributed by atoms with van der Waals surface area (Å²) in [6.45, 7) is 0. The summed E-state index contributed by atoms with van der Waals surface area (Å²) in [5.74, 6) is -1.47. The Kier molecular flexibility index (Phi) is 4.40. The van der Waals surface area contributed by atoms with E-state index in [1.165, 1.54) is 18.3 Å². The molecule has 106 valence electrons. The van der Waals surface area contributed by atoms with Crippen LogP contribution in [-0.4, -0.2) is 16.9 Å². The number of hydrogen-bond acceptors (Lipinski definition) is 2. The van der Waals surface area contributed by atoms with Crippen molar-refractivity contribution in [3.05, 3.63) is 65.7 Å². The van der Waals surface area contributed by atoms with Gasteiger partial charge >= 0.3 is 0 Å². The fraction of sp³-hybridized carbons (Fsp3) is 0. The van der Waals surface area contributed by atoms with Crippen molar-refractivity contribution < 1.29 is 9.18 Å². The standard InChI is InChI=1S/C15H13FN4O/c16-13-6-2-1-4-10(13)8-12(14(21)20-15(17)18)11-5-3-7-19-9-11/h1-9H,(H4,17,18,20,21)/b12-8+. The third-order valence-corrected chi connectivity index (χ3v) is 2.64. The van der Waals surface area contributed by atoms with Crippen LogP contribution in [0.3, 0.4) is 0 Å². The van der Waals surface area contributed by atoms with Crippen LogP contribution in [0.1, 0.15) is 11.1 Å². The number of amides is 1. The first-order valence-electron chi connectivity index (χ1n) is 6.08. The Labute approximate surface area is 120 Å². The summed E-state index contributed by atoms with van der Waals surface area (Å²) < 4.78 is 13.7. The van der Waals surface area contributed by atoms with E-state index in [1.54, 1.807) is 36.5 Å². The van der Waals surface area contributed by atoms with E-state index in [9.17, 15) is 9.18 Å². The lowest BCUT2D eigenvalue weighted by atomic mass is 10.0. The minimum Gasteiger partial charge on any atom is -0.370 e. The van der Waals surface area contributed by atoms with Crippen molar-refractivity contribution in [1.82, 2.24) is 4.98 Å². The molecule has 21 heavy (non-hydrogen) atoms. The summed E-state index contributed by atoms with van der Waals surface area (Å²) in [6, 6.07) is 9.41. The summed E-state index contributed by atoms with van der Waals surface area (Å²) in [5, 5.41) is 0. The highest BCUT2D eigenvalue weighted by molar-refractivity contribution is 6.26. The maximum atomic E-state index is 13.7. The van der Waals surface area contributed by atoms with Gasteiger partial charge in [-0.05, 0) is 18.2 Å². The van der Waals surface area contributed by atoms with Gasteiger partial charge in [0.05, 0.1) is 5.57 Å². The van der Waals surface area contributed by atoms with Gasteiger partial charge in [-0.25, -0.2) is 4.39 Å². The van der Waals surface area contributed by atoms with E-state index in [0.717, 1.165) is 0 Å². The van der Waals surface area contributed by atoms with Crippen molar-refractivity contribution in [2.75, 3.05) is 0 Å². The number of halogens is 1. The first kappa shape index (κ1) is 14.4. The van der Waals surface area contributed by atoms with Crippen molar-refractivity contribution in [1.29, 1.82) is 0 Å². The summed E-state index contributed by atoms with van der Waals surface area (Å²) >= 11 is 0. The molecule has 1 heterocycles. The van der Waals surface area contributed by atoms with Gasteiger partial charge < -0.3 is 11.5 Å². The summed E-state index contributed by atoms with van der Waals surface area (Å²) in [7, 11) is 0. The van der Waals surface area contributed by atoms with Crippen LogP contribution >= 0.6 is 0 Å². The van der Waals surface area contributed by atoms with Gasteiger partial charge in [-0.3, -0.25) is 9.78 Å². The third kappa shape index (κ3) is 3.73. The van der Waals surface area contributed by atoms with Crippen LogP contribution < -0.4 is 11.5 Å². The summed E-state index contributed by atoms with van der Waals surface area (Å²) in [6.07, 6.45) is 4.43. The quantitative estimate of drug-likeness (QED) is 0.508. The van der Waals surface area contributed by atoms with Gasteiger partial charge in [0.2, 0.25) is 0 Å². The van der Waals surface area contributed by atoms with Gasteiger partial charge in [0.25, 0.3) is 5.91 Å². The number of nitrogens with two attached hydrogens (primary N) is 2. The molecule has 4 N–H and O–H groups in total. The number of aliphatic imine (C=N–C) groups is 1. The monoisotopic (exact) mass is 284 g/mol. The number of aromatic nitrogens is 1. The zero-order valence-electron chi connectivity index (χ0n) is 11.0. The zero-order valence-corrected chi connectivity index (χ0v) is 11.0. The van der Waals surface area contributed by atoms with Crippen LogP contribution in [0.25, 0.3) is 11.6 Å². The molecule has 0 saturated heterocycles. The lowest BCUT2D eigenvalue weighted by Crippen LogP contribution is -2.24. The molecule has 0 spiro atoms. The van der Waals surface area contributed by atoms with Crippen molar-refractivity contribution >= 4 is 23.5 Å². The van der Waals surface area contributed by atoms with E-state index in [4.69, 9.17) is 11.5 Å². The van der Waals surface area contributed by atoms with Crippen LogP contribution in [0, 0.1) is 5.82 Å². The Morgan fingerprint density at radius 2 is 1.95 bits per heavy atom. The number of rotatable bonds is 3. The number of benzene rings is 1. The van der Waals surface area contributed by atoms with Gasteiger partial charge in [-0.2, -0.15) is 4.99 Å². The van der Waals surface area contributed by atoms with Crippen molar-refractivity contribution in [3.8, 4) is 0 Å². The average molecular weight is 284 g/mol. The van der Waals surface area contributed by atoms with Gasteiger partial charge in [0.1, 0.15) is 5.82 Å². The number of pyridine rings is 1. The first-order chi connectivity index (χ1) is 10.1. The molecule has 1 aromatic carbocycles. The molecule has 2 aromatic rings. The maximum absolute atomic E-state index is 13.7. The number of nitrogens with zero attached hydrogens (tertiary/aromatic N) is 2. The van der Waals surface area contributed by atoms with E-state index in [2.05, 4.69) is 9.98 Å². The molecule has 0 fully saturated rings. The van der Waals surface area contributed by atoms with E-state index < -0.39 is 11.7 Å². The Morgan fingerprint density at radius 1 is 1.19 bits per heavy atom. The molecule has 0 saturated carbocycles. The first-order valence-corrected chi connectivity index (χ1v) is 6.08. The molecule has 1 amide bonds. The van der Waals surface area contributed by atoms with Gasteiger partial charge in [0, 0.05) is 23.5 Å². The zero-order chi connectivity index (χ0) is 15.2. The Hall–Kier alpha value is -3.02. The van der Waals surface area contributed by atoms with Gasteiger partial charge in [-0.1, -0.05) is 24.3 Å². The van der Waals surface area contributed by atoms with Crippen LogP contribution in [0.5, 0.6) is 0 Å². The summed E-state index contributed by atoms with van der Waals surface area (Å²) in [4.78, 5) is 19.5. The van der Waals surface area contributed by atoms with Crippen molar-refractivity contribution in [3.63, 3.8) is 0 Å². The highest BCUT2D eigenvalue weighted by Crippen LogP contribution is 2.20. The molecule has 0 unspecified atom stereocenters. The highest BCUT2D eigenvalue weighted by atomic mass is 19.1. The second-order valence-electron chi connectivity index (χ2n) is 4.16. The fourth-order valence-electron chi connectivity index (χ4n) is 1.72. The van der Waals surface area contributed by atoms with Gasteiger partial charge in [-0.15, -0.1) is 0 Å². The Bertz CT molecular complexity index is 707. The van der Waals surface area contributed by atoms with Crippen LogP contribution in [0.2, 0.25) is 0 Å². The van der Waals surface area contributed by atoms with Crippen LogP contribution in [0.15, 0.2) is 53.8 Å². The van der Waals surface area contributed by atoms with E-state index in [0.29, 0.717) is 5.56 Å². The maximum Gasteiger partial charge on any atom is 0.280 e. The molecule has 0 bridgehead atoms. The molecule has 1 aromatic heterocycles. The minimum atomic E-state index is -0.661. The number of hydrogen-bond donors (Lipinski definition) is 2. The van der Waals surface area contributed by atoms with Gasteiger partial charge in [0.15, 0.2) is 5.96 Å². The molecule has 0 radical (unpaired) electrons. The highest BCUT2D eigenvalue weighted by Gasteiger charge is 2.13. The third-order valence-electron chi connectivity index (χ3n) is 2.64. The molecule has 2 rings (SSSR count). The largest absolute Gasteiger partial charge is 0.370 e. The number of guanidine groups is 1. The predicted molar refractivity (Wildman–Crippen MR) is 79.3 cm³/mol. The van der Waals surface area contributed by atoms with Crippen molar-refractivity contribution in [2.24, 2.45) is 16.5 Å². The molecule has 0 aliphatic heterocycles. The Balaban J connectivity index is 2.54. The summed E-state index contributed by atoms with van der Waals surface area (Å²) in [5.41, 5.74) is 11.4. The average Bonchev–Trinajstić information content (AvgIpc) is 2.46. The molecule has 0 atom stereocenters. The van der Waals surface area contributed by atoms with E-state index >= 15 is 0 Å². The second kappa shape index (κ2) is 6.42. The normalized spacial score (nSPS) is 11.0. The molecular formula is C15H13FN4O. The SMILES string of the molecule is NC(N)=NC(=O)/C(=C/c1ccccc1F)c1cccnc1. The molecule has 0 aliphatic carbocycles. The predicted octanol–water partition coefficient (Wildman–Crippen LogP) is 1.56. The smallest absolute Gasteiger partial charge is 0.280 e. The minimum absolute atomic E-state index is 0.154. The van der Waals surface area contributed by atoms with E-state index in [1.807, 2.05) is 0 Å².